The van der Waals surface area contributed by atoms with Gasteiger partial charge in [-0.05, 0) is 12.1 Å². The quantitative estimate of drug-likeness (QED) is 0.763. The molecule has 18 heavy (non-hydrogen) atoms. The Bertz CT molecular complexity index is 443. The third-order valence-corrected chi connectivity index (χ3v) is 4.24. The normalized spacial score (nSPS) is 17.8. The van der Waals surface area contributed by atoms with Crippen molar-refractivity contribution in [1.29, 1.82) is 0 Å². The van der Waals surface area contributed by atoms with Crippen LogP contribution in [0.2, 0.25) is 0 Å². The lowest BCUT2D eigenvalue weighted by Crippen LogP contribution is -2.14. The van der Waals surface area contributed by atoms with Gasteiger partial charge in [-0.1, -0.05) is 12.1 Å². The van der Waals surface area contributed by atoms with Crippen molar-refractivity contribution in [1.82, 2.24) is 5.32 Å². The van der Waals surface area contributed by atoms with Gasteiger partial charge in [0.15, 0.2) is 0 Å². The van der Waals surface area contributed by atoms with Crippen molar-refractivity contribution in [3.05, 3.63) is 24.3 Å². The number of fused-ring (bicyclic) bond motifs is 1. The maximum atomic E-state index is 11.1. The van der Waals surface area contributed by atoms with E-state index in [0.717, 1.165) is 17.3 Å². The van der Waals surface area contributed by atoms with E-state index < -0.39 is 0 Å². The van der Waals surface area contributed by atoms with Gasteiger partial charge in [0.05, 0.1) is 17.3 Å². The van der Waals surface area contributed by atoms with Crippen molar-refractivity contribution in [2.24, 2.45) is 0 Å². The van der Waals surface area contributed by atoms with Crippen LogP contribution >= 0.6 is 23.5 Å². The van der Waals surface area contributed by atoms with Crippen LogP contribution in [0.15, 0.2) is 29.2 Å². The number of nitrogens with one attached hydrogen (secondary N) is 2. The minimum Gasteiger partial charge on any atom is -0.346 e. The molecule has 6 heteroatoms. The second-order valence-corrected chi connectivity index (χ2v) is 5.86. The van der Waals surface area contributed by atoms with Crippen LogP contribution in [0.25, 0.3) is 0 Å². The molecule has 2 aliphatic rings. The molecule has 0 radical (unpaired) electrons. The third-order valence-electron chi connectivity index (χ3n) is 2.35. The predicted octanol–water partition coefficient (Wildman–Crippen LogP) is 1.93. The predicted molar refractivity (Wildman–Crippen MR) is 75.9 cm³/mol. The summed E-state index contributed by atoms with van der Waals surface area (Å²) in [6.07, 6.45) is 0.610. The smallest absolute Gasteiger partial charge is 0.230 e. The Kier molecular flexibility index (Phi) is 4.95. The maximum absolute atomic E-state index is 11.1. The fourth-order valence-corrected chi connectivity index (χ4v) is 3.10. The second kappa shape index (κ2) is 6.70. The van der Waals surface area contributed by atoms with Gasteiger partial charge in [0.1, 0.15) is 0 Å². The molecule has 0 aliphatic carbocycles. The second-order valence-electron chi connectivity index (χ2n) is 3.74. The van der Waals surface area contributed by atoms with Crippen molar-refractivity contribution in [2.75, 3.05) is 22.7 Å². The number of rotatable bonds is 0. The van der Waals surface area contributed by atoms with E-state index in [4.69, 9.17) is 0 Å². The standard InChI is InChI=1S/C9H9NOS.C3H5NOS/c11-9-5-6-12-8-4-2-1-3-7(8)10-9;5-3-1-6-2-4-3/h1-4H,5-6H2,(H,10,11);1-2H2,(H,4,5). The van der Waals surface area contributed by atoms with Crippen molar-refractivity contribution >= 4 is 41.0 Å². The van der Waals surface area contributed by atoms with Crippen LogP contribution in [0.3, 0.4) is 0 Å². The Morgan fingerprint density at radius 1 is 1.11 bits per heavy atom. The molecule has 0 saturated carbocycles. The number of hydrogen-bond acceptors (Lipinski definition) is 4. The summed E-state index contributed by atoms with van der Waals surface area (Å²) < 4.78 is 0. The molecule has 1 saturated heterocycles. The Balaban J connectivity index is 0.000000169. The highest BCUT2D eigenvalue weighted by atomic mass is 32.2. The van der Waals surface area contributed by atoms with Gasteiger partial charge in [0.25, 0.3) is 0 Å². The van der Waals surface area contributed by atoms with E-state index in [1.165, 1.54) is 4.90 Å². The number of hydrogen-bond donors (Lipinski definition) is 2. The molecule has 2 aliphatic heterocycles. The molecule has 0 spiro atoms. The van der Waals surface area contributed by atoms with Crippen LogP contribution in [-0.2, 0) is 9.59 Å². The highest BCUT2D eigenvalue weighted by molar-refractivity contribution is 8.00. The molecule has 1 aromatic rings. The van der Waals surface area contributed by atoms with E-state index in [0.29, 0.717) is 12.2 Å². The fourth-order valence-electron chi connectivity index (χ4n) is 1.49. The molecule has 1 aromatic carbocycles. The summed E-state index contributed by atoms with van der Waals surface area (Å²) in [5.41, 5.74) is 0.949. The lowest BCUT2D eigenvalue weighted by atomic mass is 10.3. The first kappa shape index (κ1) is 13.3. The Labute approximate surface area is 114 Å². The topological polar surface area (TPSA) is 58.2 Å². The molecule has 0 atom stereocenters. The first-order chi connectivity index (χ1) is 8.75. The number of amides is 2. The van der Waals surface area contributed by atoms with E-state index in [1.54, 1.807) is 23.5 Å². The van der Waals surface area contributed by atoms with Gasteiger partial charge in [0, 0.05) is 17.1 Å². The number of carbonyl (C=O) groups excluding carboxylic acids is 2. The van der Waals surface area contributed by atoms with Gasteiger partial charge >= 0.3 is 0 Å². The monoisotopic (exact) mass is 282 g/mol. The zero-order valence-corrected chi connectivity index (χ0v) is 11.4. The molecule has 0 unspecified atom stereocenters. The van der Waals surface area contributed by atoms with Crippen LogP contribution in [0, 0.1) is 0 Å². The summed E-state index contributed by atoms with van der Waals surface area (Å²) in [7, 11) is 0. The summed E-state index contributed by atoms with van der Waals surface area (Å²) in [4.78, 5) is 22.4. The molecule has 96 valence electrons. The van der Waals surface area contributed by atoms with Gasteiger partial charge < -0.3 is 10.6 Å². The molecule has 0 aromatic heterocycles. The molecule has 2 N–H and O–H groups in total. The highest BCUT2D eigenvalue weighted by Gasteiger charge is 2.11. The Morgan fingerprint density at radius 3 is 2.61 bits per heavy atom. The van der Waals surface area contributed by atoms with E-state index in [2.05, 4.69) is 10.6 Å². The van der Waals surface area contributed by atoms with E-state index in [9.17, 15) is 9.59 Å². The molecule has 1 fully saturated rings. The van der Waals surface area contributed by atoms with E-state index in [1.807, 2.05) is 24.3 Å². The Morgan fingerprint density at radius 2 is 1.94 bits per heavy atom. The lowest BCUT2D eigenvalue weighted by molar-refractivity contribution is -0.118. The maximum Gasteiger partial charge on any atom is 0.230 e. The summed E-state index contributed by atoms with van der Waals surface area (Å²) in [6.45, 7) is 0. The van der Waals surface area contributed by atoms with Gasteiger partial charge in [-0.3, -0.25) is 9.59 Å². The highest BCUT2D eigenvalue weighted by Crippen LogP contribution is 2.29. The molecule has 4 nitrogen and oxygen atoms in total. The fraction of sp³-hybridized carbons (Fsp3) is 0.333. The van der Waals surface area contributed by atoms with Crippen LogP contribution in [-0.4, -0.2) is 29.2 Å². The van der Waals surface area contributed by atoms with Crippen molar-refractivity contribution in [3.63, 3.8) is 0 Å². The first-order valence-corrected chi connectivity index (χ1v) is 7.76. The summed E-state index contributed by atoms with van der Waals surface area (Å²) in [5, 5.41) is 5.51. The lowest BCUT2D eigenvalue weighted by Gasteiger charge is -2.03. The van der Waals surface area contributed by atoms with E-state index in [-0.39, 0.29) is 11.8 Å². The molecule has 2 amide bonds. The van der Waals surface area contributed by atoms with Crippen LogP contribution < -0.4 is 10.6 Å². The number of thioether (sulfide) groups is 2. The van der Waals surface area contributed by atoms with E-state index >= 15 is 0 Å². The average molecular weight is 282 g/mol. The number of benzene rings is 1. The number of carbonyl (C=O) groups is 2. The van der Waals surface area contributed by atoms with Gasteiger partial charge in [-0.2, -0.15) is 0 Å². The minimum atomic E-state index is 0.118. The van der Waals surface area contributed by atoms with Gasteiger partial charge in [-0.25, -0.2) is 0 Å². The van der Waals surface area contributed by atoms with Gasteiger partial charge in [0.2, 0.25) is 11.8 Å². The Hall–Kier alpha value is -1.14. The minimum absolute atomic E-state index is 0.118. The SMILES string of the molecule is O=C1CCSc2ccccc2N1.O=C1CSCN1. The summed E-state index contributed by atoms with van der Waals surface area (Å²) in [5.74, 6) is 2.62. The zero-order chi connectivity index (χ0) is 12.8. The van der Waals surface area contributed by atoms with Crippen molar-refractivity contribution in [2.45, 2.75) is 11.3 Å². The molecule has 0 bridgehead atoms. The van der Waals surface area contributed by atoms with Crippen molar-refractivity contribution < 1.29 is 9.59 Å². The number of anilines is 1. The molecule has 3 rings (SSSR count). The molecule has 2 heterocycles. The summed E-state index contributed by atoms with van der Waals surface area (Å²) >= 11 is 3.35. The third kappa shape index (κ3) is 3.96. The summed E-state index contributed by atoms with van der Waals surface area (Å²) in [6, 6.07) is 7.89. The number of para-hydroxylation sites is 1. The van der Waals surface area contributed by atoms with Crippen molar-refractivity contribution in [3.8, 4) is 0 Å². The average Bonchev–Trinajstić information content (AvgIpc) is 2.75. The van der Waals surface area contributed by atoms with Crippen LogP contribution in [0.1, 0.15) is 6.42 Å². The largest absolute Gasteiger partial charge is 0.346 e. The van der Waals surface area contributed by atoms with Gasteiger partial charge in [-0.15, -0.1) is 23.5 Å². The van der Waals surface area contributed by atoms with Crippen LogP contribution in [0.5, 0.6) is 0 Å². The van der Waals surface area contributed by atoms with Crippen LogP contribution in [0.4, 0.5) is 5.69 Å². The molecular weight excluding hydrogens is 268 g/mol. The molecular formula is C12H14N2O2S2. The zero-order valence-electron chi connectivity index (χ0n) is 9.77. The first-order valence-electron chi connectivity index (χ1n) is 5.62.